The smallest absolute Gasteiger partial charge is 0.104 e. The Bertz CT molecular complexity index is 372. The van der Waals surface area contributed by atoms with Crippen LogP contribution in [0.2, 0.25) is 0 Å². The quantitative estimate of drug-likeness (QED) is 0.786. The van der Waals surface area contributed by atoms with Crippen LogP contribution in [0.5, 0.6) is 0 Å². The first-order valence-corrected chi connectivity index (χ1v) is 6.88. The van der Waals surface area contributed by atoms with Crippen LogP contribution in [0.1, 0.15) is 29.9 Å². The number of rotatable bonds is 3. The van der Waals surface area contributed by atoms with Gasteiger partial charge in [-0.1, -0.05) is 24.3 Å². The molecule has 1 heterocycles. The fraction of sp³-hybridized carbons (Fsp3) is 0.600. The van der Waals surface area contributed by atoms with Crippen molar-refractivity contribution >= 4 is 0 Å². The van der Waals surface area contributed by atoms with E-state index in [1.807, 2.05) is 0 Å². The van der Waals surface area contributed by atoms with Crippen molar-refractivity contribution in [3.05, 3.63) is 35.4 Å². The molecule has 1 N–H and O–H groups in total. The van der Waals surface area contributed by atoms with E-state index in [1.54, 1.807) is 5.56 Å². The lowest BCUT2D eigenvalue weighted by Crippen LogP contribution is -2.55. The average Bonchev–Trinajstić information content (AvgIpc) is 3.14. The minimum Gasteiger partial charge on any atom is -0.320 e. The van der Waals surface area contributed by atoms with Crippen LogP contribution >= 0.6 is 0 Å². The first-order valence-electron chi connectivity index (χ1n) is 6.88. The molecular formula is C15H23N2+. The number of nitrogens with zero attached hydrogens (tertiary/aromatic N) is 1. The maximum atomic E-state index is 3.44. The molecule has 0 amide bonds. The van der Waals surface area contributed by atoms with Crippen LogP contribution in [-0.2, 0) is 6.54 Å². The van der Waals surface area contributed by atoms with Crippen molar-refractivity contribution in [2.45, 2.75) is 25.3 Å². The lowest BCUT2D eigenvalue weighted by Gasteiger charge is -2.38. The first-order chi connectivity index (χ1) is 8.25. The molecule has 2 fully saturated rings. The molecule has 0 aromatic heterocycles. The lowest BCUT2D eigenvalue weighted by atomic mass is 10.1. The summed E-state index contributed by atoms with van der Waals surface area (Å²) in [4.78, 5) is 0. The molecule has 0 atom stereocenters. The number of hydrogen-bond acceptors (Lipinski definition) is 1. The van der Waals surface area contributed by atoms with E-state index >= 15 is 0 Å². The highest BCUT2D eigenvalue weighted by molar-refractivity contribution is 5.27. The van der Waals surface area contributed by atoms with Crippen molar-refractivity contribution in [1.29, 1.82) is 0 Å². The van der Waals surface area contributed by atoms with Crippen LogP contribution in [0.4, 0.5) is 0 Å². The average molecular weight is 231 g/mol. The van der Waals surface area contributed by atoms with Crippen LogP contribution in [0.25, 0.3) is 0 Å². The molecule has 2 nitrogen and oxygen atoms in total. The summed E-state index contributed by atoms with van der Waals surface area (Å²) in [6.45, 7) is 6.02. The molecule has 0 bridgehead atoms. The van der Waals surface area contributed by atoms with Crippen molar-refractivity contribution < 1.29 is 4.48 Å². The topological polar surface area (TPSA) is 12.0 Å². The van der Waals surface area contributed by atoms with Gasteiger partial charge in [0, 0.05) is 18.7 Å². The zero-order valence-electron chi connectivity index (χ0n) is 10.8. The lowest BCUT2D eigenvalue weighted by molar-refractivity contribution is -0.924. The van der Waals surface area contributed by atoms with Gasteiger partial charge in [-0.05, 0) is 24.3 Å². The largest absolute Gasteiger partial charge is 0.320 e. The van der Waals surface area contributed by atoms with E-state index in [-0.39, 0.29) is 0 Å². The zero-order chi connectivity index (χ0) is 11.7. The van der Waals surface area contributed by atoms with E-state index in [9.17, 15) is 0 Å². The highest BCUT2D eigenvalue weighted by atomic mass is 15.4. The van der Waals surface area contributed by atoms with Gasteiger partial charge in [-0.15, -0.1) is 0 Å². The second-order valence-electron chi connectivity index (χ2n) is 5.99. The van der Waals surface area contributed by atoms with Gasteiger partial charge < -0.3 is 9.80 Å². The Labute approximate surface area is 104 Å². The summed E-state index contributed by atoms with van der Waals surface area (Å²) in [6, 6.07) is 9.39. The van der Waals surface area contributed by atoms with Crippen molar-refractivity contribution in [2.75, 3.05) is 33.2 Å². The Kier molecular flexibility index (Phi) is 2.93. The minimum atomic E-state index is 0.882. The SMILES string of the molecule is C[N+]1(Cc2ccc(C3CC3)cc2)CCNCC1. The summed E-state index contributed by atoms with van der Waals surface area (Å²) < 4.78 is 1.19. The summed E-state index contributed by atoms with van der Waals surface area (Å²) in [5.41, 5.74) is 3.05. The molecule has 3 rings (SSSR count). The summed E-state index contributed by atoms with van der Waals surface area (Å²) in [7, 11) is 2.38. The molecule has 0 unspecified atom stereocenters. The predicted octanol–water partition coefficient (Wildman–Crippen LogP) is 2.11. The van der Waals surface area contributed by atoms with E-state index in [4.69, 9.17) is 0 Å². The summed E-state index contributed by atoms with van der Waals surface area (Å²) in [6.07, 6.45) is 2.80. The monoisotopic (exact) mass is 231 g/mol. The highest BCUT2D eigenvalue weighted by Crippen LogP contribution is 2.39. The van der Waals surface area contributed by atoms with Gasteiger partial charge in [-0.3, -0.25) is 0 Å². The van der Waals surface area contributed by atoms with Gasteiger partial charge in [-0.2, -0.15) is 0 Å². The Morgan fingerprint density at radius 2 is 1.76 bits per heavy atom. The second-order valence-corrected chi connectivity index (χ2v) is 5.99. The Morgan fingerprint density at radius 3 is 2.35 bits per heavy atom. The second kappa shape index (κ2) is 4.43. The maximum Gasteiger partial charge on any atom is 0.104 e. The van der Waals surface area contributed by atoms with E-state index in [2.05, 4.69) is 36.6 Å². The van der Waals surface area contributed by atoms with E-state index in [0.717, 1.165) is 19.0 Å². The van der Waals surface area contributed by atoms with E-state index in [0.29, 0.717) is 0 Å². The fourth-order valence-electron chi connectivity index (χ4n) is 2.85. The summed E-state index contributed by atoms with van der Waals surface area (Å²) in [5, 5.41) is 3.44. The van der Waals surface area contributed by atoms with Crippen molar-refractivity contribution in [2.24, 2.45) is 0 Å². The molecule has 1 aromatic carbocycles. The van der Waals surface area contributed by atoms with Crippen LogP contribution < -0.4 is 5.32 Å². The fourth-order valence-corrected chi connectivity index (χ4v) is 2.85. The number of hydrogen-bond donors (Lipinski definition) is 1. The van der Waals surface area contributed by atoms with Gasteiger partial charge in [0.1, 0.15) is 6.54 Å². The molecule has 1 saturated heterocycles. The predicted molar refractivity (Wildman–Crippen MR) is 70.9 cm³/mol. The molecule has 2 aliphatic rings. The van der Waals surface area contributed by atoms with Gasteiger partial charge in [0.15, 0.2) is 0 Å². The van der Waals surface area contributed by atoms with Crippen molar-refractivity contribution in [3.63, 3.8) is 0 Å². The van der Waals surface area contributed by atoms with Crippen LogP contribution in [0.15, 0.2) is 24.3 Å². The molecule has 1 aliphatic carbocycles. The number of nitrogens with one attached hydrogen (secondary N) is 1. The molecule has 1 aliphatic heterocycles. The van der Waals surface area contributed by atoms with Crippen molar-refractivity contribution in [1.82, 2.24) is 5.32 Å². The molecule has 2 heteroatoms. The highest BCUT2D eigenvalue weighted by Gasteiger charge is 2.26. The third-order valence-corrected chi connectivity index (χ3v) is 4.25. The molecule has 92 valence electrons. The first kappa shape index (κ1) is 11.2. The number of piperazine rings is 1. The Morgan fingerprint density at radius 1 is 1.12 bits per heavy atom. The van der Waals surface area contributed by atoms with Gasteiger partial charge in [0.05, 0.1) is 20.1 Å². The molecule has 1 saturated carbocycles. The number of likely N-dealkylation sites (N-methyl/N-ethyl adjacent to an activating group) is 1. The van der Waals surface area contributed by atoms with E-state index in [1.165, 1.54) is 42.5 Å². The molecule has 0 radical (unpaired) electrons. The van der Waals surface area contributed by atoms with Crippen LogP contribution in [0, 0.1) is 0 Å². The van der Waals surface area contributed by atoms with Gasteiger partial charge in [0.25, 0.3) is 0 Å². The number of quaternary nitrogens is 1. The minimum absolute atomic E-state index is 0.882. The standard InChI is InChI=1S/C15H23N2/c1-17(10-8-16-9-11-17)12-13-2-4-14(5-3-13)15-6-7-15/h2-5,15-16H,6-12H2,1H3/q+1. The molecule has 0 spiro atoms. The third-order valence-electron chi connectivity index (χ3n) is 4.25. The Hall–Kier alpha value is -0.860. The van der Waals surface area contributed by atoms with Crippen LogP contribution in [-0.4, -0.2) is 37.7 Å². The van der Waals surface area contributed by atoms with Gasteiger partial charge in [0.2, 0.25) is 0 Å². The van der Waals surface area contributed by atoms with Gasteiger partial charge >= 0.3 is 0 Å². The van der Waals surface area contributed by atoms with Crippen molar-refractivity contribution in [3.8, 4) is 0 Å². The summed E-state index contributed by atoms with van der Waals surface area (Å²) in [5.74, 6) is 0.882. The molecule has 17 heavy (non-hydrogen) atoms. The summed E-state index contributed by atoms with van der Waals surface area (Å²) >= 11 is 0. The molecular weight excluding hydrogens is 208 g/mol. The maximum absolute atomic E-state index is 3.44. The third kappa shape index (κ3) is 2.70. The Balaban J connectivity index is 1.67. The van der Waals surface area contributed by atoms with Crippen LogP contribution in [0.3, 0.4) is 0 Å². The number of benzene rings is 1. The normalized spacial score (nSPS) is 23.6. The zero-order valence-corrected chi connectivity index (χ0v) is 10.8. The molecule has 1 aromatic rings. The van der Waals surface area contributed by atoms with E-state index < -0.39 is 0 Å². The van der Waals surface area contributed by atoms with Gasteiger partial charge in [-0.25, -0.2) is 0 Å².